The normalized spacial score (nSPS) is 12.4. The molecule has 0 aromatic carbocycles. The molecule has 1 atom stereocenters. The van der Waals surface area contributed by atoms with Gasteiger partial charge in [-0.2, -0.15) is 0 Å². The average molecular weight is 565 g/mol. The Balaban J connectivity index is 3.46. The van der Waals surface area contributed by atoms with Gasteiger partial charge < -0.3 is 14.6 Å². The van der Waals surface area contributed by atoms with E-state index < -0.39 is 6.10 Å². The van der Waals surface area contributed by atoms with E-state index in [2.05, 4.69) is 38.2 Å². The van der Waals surface area contributed by atoms with Crippen LogP contribution in [0.4, 0.5) is 0 Å². The Morgan fingerprint density at radius 1 is 0.500 bits per heavy atom. The second-order valence-corrected chi connectivity index (χ2v) is 11.3. The third kappa shape index (κ3) is 30.9. The zero-order chi connectivity index (χ0) is 29.4. The van der Waals surface area contributed by atoms with Crippen molar-refractivity contribution in [2.45, 2.75) is 174 Å². The second-order valence-electron chi connectivity index (χ2n) is 11.3. The van der Waals surface area contributed by atoms with Gasteiger partial charge in [-0.15, -0.1) is 0 Å². The number of esters is 2. The van der Waals surface area contributed by atoms with Crippen LogP contribution in [0, 0.1) is 0 Å². The number of hydrogen-bond acceptors (Lipinski definition) is 5. The summed E-state index contributed by atoms with van der Waals surface area (Å²) in [6.07, 6.45) is 35.0. The number of rotatable bonds is 30. The fourth-order valence-corrected chi connectivity index (χ4v) is 4.54. The molecule has 40 heavy (non-hydrogen) atoms. The number of unbranched alkanes of at least 4 members (excludes halogenated alkanes) is 18. The molecular weight excluding hydrogens is 500 g/mol. The first-order valence-electron chi connectivity index (χ1n) is 16.9. The molecule has 5 heteroatoms. The summed E-state index contributed by atoms with van der Waals surface area (Å²) in [5.74, 6) is -0.583. The maximum absolute atomic E-state index is 11.9. The summed E-state index contributed by atoms with van der Waals surface area (Å²) in [4.78, 5) is 23.8. The molecule has 0 saturated carbocycles. The van der Waals surface area contributed by atoms with E-state index in [-0.39, 0.29) is 25.2 Å². The molecule has 0 heterocycles. The highest BCUT2D eigenvalue weighted by molar-refractivity contribution is 5.69. The molecule has 0 rings (SSSR count). The van der Waals surface area contributed by atoms with Crippen molar-refractivity contribution < 1.29 is 24.2 Å². The Morgan fingerprint density at radius 2 is 0.800 bits per heavy atom. The summed E-state index contributed by atoms with van der Waals surface area (Å²) in [5.41, 5.74) is 0. The van der Waals surface area contributed by atoms with E-state index in [1.807, 2.05) is 0 Å². The van der Waals surface area contributed by atoms with Gasteiger partial charge in [0.05, 0.1) is 0 Å². The van der Waals surface area contributed by atoms with Crippen molar-refractivity contribution in [1.82, 2.24) is 0 Å². The van der Waals surface area contributed by atoms with E-state index in [1.54, 1.807) is 0 Å². The highest BCUT2D eigenvalue weighted by Crippen LogP contribution is 2.11. The zero-order valence-corrected chi connectivity index (χ0v) is 26.4. The number of aliphatic hydroxyl groups is 1. The van der Waals surface area contributed by atoms with Crippen molar-refractivity contribution in [3.8, 4) is 0 Å². The SMILES string of the molecule is CCCCC/C=C/CCCCCCCCC(=O)OC[C@@H](O)COC(=O)CCCCCCC/C=C/CCCCCC. The van der Waals surface area contributed by atoms with E-state index in [1.165, 1.54) is 96.3 Å². The monoisotopic (exact) mass is 564 g/mol. The van der Waals surface area contributed by atoms with Gasteiger partial charge in [0.25, 0.3) is 0 Å². The third-order valence-electron chi connectivity index (χ3n) is 7.16. The van der Waals surface area contributed by atoms with Crippen LogP contribution < -0.4 is 0 Å². The number of carbonyl (C=O) groups excluding carboxylic acids is 2. The lowest BCUT2D eigenvalue weighted by Crippen LogP contribution is -2.25. The second kappa shape index (κ2) is 31.9. The van der Waals surface area contributed by atoms with E-state index in [0.29, 0.717) is 12.8 Å². The maximum atomic E-state index is 11.9. The molecule has 0 aromatic heterocycles. The minimum Gasteiger partial charge on any atom is -0.463 e. The van der Waals surface area contributed by atoms with Crippen molar-refractivity contribution in [2.75, 3.05) is 13.2 Å². The van der Waals surface area contributed by atoms with E-state index >= 15 is 0 Å². The first kappa shape index (κ1) is 38.4. The molecule has 1 N–H and O–H groups in total. The van der Waals surface area contributed by atoms with Gasteiger partial charge in [0.1, 0.15) is 19.3 Å². The summed E-state index contributed by atoms with van der Waals surface area (Å²) in [6, 6.07) is 0. The molecule has 0 amide bonds. The van der Waals surface area contributed by atoms with Gasteiger partial charge in [-0.1, -0.05) is 115 Å². The van der Waals surface area contributed by atoms with Gasteiger partial charge in [-0.3, -0.25) is 9.59 Å². The topological polar surface area (TPSA) is 72.8 Å². The van der Waals surface area contributed by atoms with Gasteiger partial charge >= 0.3 is 11.9 Å². The third-order valence-corrected chi connectivity index (χ3v) is 7.16. The highest BCUT2D eigenvalue weighted by Gasteiger charge is 2.12. The molecule has 0 spiro atoms. The van der Waals surface area contributed by atoms with Crippen LogP contribution >= 0.6 is 0 Å². The van der Waals surface area contributed by atoms with Crippen molar-refractivity contribution in [3.63, 3.8) is 0 Å². The van der Waals surface area contributed by atoms with Crippen molar-refractivity contribution in [2.24, 2.45) is 0 Å². The van der Waals surface area contributed by atoms with Crippen LogP contribution in [0.25, 0.3) is 0 Å². The largest absolute Gasteiger partial charge is 0.463 e. The molecule has 0 radical (unpaired) electrons. The van der Waals surface area contributed by atoms with Crippen molar-refractivity contribution in [1.29, 1.82) is 0 Å². The first-order chi connectivity index (χ1) is 19.6. The predicted octanol–water partition coefficient (Wildman–Crippen LogP) is 9.95. The Morgan fingerprint density at radius 3 is 1.20 bits per heavy atom. The van der Waals surface area contributed by atoms with Gasteiger partial charge in [-0.05, 0) is 64.2 Å². The Labute approximate surface area is 247 Å². The van der Waals surface area contributed by atoms with Crippen LogP contribution in [0.3, 0.4) is 0 Å². The fourth-order valence-electron chi connectivity index (χ4n) is 4.54. The Hall–Kier alpha value is -1.62. The summed E-state index contributed by atoms with van der Waals surface area (Å²) in [7, 11) is 0. The van der Waals surface area contributed by atoms with E-state index in [9.17, 15) is 14.7 Å². The molecule has 234 valence electrons. The molecule has 0 fully saturated rings. The summed E-state index contributed by atoms with van der Waals surface area (Å²) in [5, 5.41) is 9.95. The summed E-state index contributed by atoms with van der Waals surface area (Å²) in [6.45, 7) is 4.24. The van der Waals surface area contributed by atoms with Gasteiger partial charge in [0, 0.05) is 12.8 Å². The molecule has 0 unspecified atom stereocenters. The predicted molar refractivity (Wildman–Crippen MR) is 168 cm³/mol. The lowest BCUT2D eigenvalue weighted by Gasteiger charge is -2.12. The van der Waals surface area contributed by atoms with Gasteiger partial charge in [0.15, 0.2) is 0 Å². The molecule has 0 aromatic rings. The number of ether oxygens (including phenoxy) is 2. The first-order valence-corrected chi connectivity index (χ1v) is 16.9. The molecular formula is C35H64O5. The average Bonchev–Trinajstić information content (AvgIpc) is 2.95. The van der Waals surface area contributed by atoms with Crippen LogP contribution in [-0.2, 0) is 19.1 Å². The minimum absolute atomic E-state index is 0.120. The molecule has 0 aliphatic rings. The quantitative estimate of drug-likeness (QED) is 0.0534. The van der Waals surface area contributed by atoms with Crippen LogP contribution in [0.5, 0.6) is 0 Å². The standard InChI is InChI=1S/C35H64O5/c1-3-5-7-9-11-13-15-17-19-21-23-25-27-29-34(37)39-31-33(36)32-40-35(38)30-28-26-24-22-20-18-16-14-12-10-8-6-4-2/h11,13-14,16,33,36H,3-10,12,15,17-32H2,1-2H3/b13-11+,16-14+/t33-/m1/s1. The zero-order valence-electron chi connectivity index (χ0n) is 26.4. The van der Waals surface area contributed by atoms with Crippen molar-refractivity contribution in [3.05, 3.63) is 24.3 Å². The van der Waals surface area contributed by atoms with Crippen LogP contribution in [0.15, 0.2) is 24.3 Å². The number of allylic oxidation sites excluding steroid dienone is 4. The van der Waals surface area contributed by atoms with Crippen LogP contribution in [0.1, 0.15) is 168 Å². The minimum atomic E-state index is -0.965. The molecule has 0 saturated heterocycles. The molecule has 0 aliphatic heterocycles. The summed E-state index contributed by atoms with van der Waals surface area (Å²) < 4.78 is 10.3. The van der Waals surface area contributed by atoms with Crippen LogP contribution in [-0.4, -0.2) is 36.4 Å². The molecule has 0 aliphatic carbocycles. The smallest absolute Gasteiger partial charge is 0.305 e. The molecule has 5 nitrogen and oxygen atoms in total. The Kier molecular flexibility index (Phi) is 30.6. The maximum Gasteiger partial charge on any atom is 0.305 e. The fraction of sp³-hybridized carbons (Fsp3) is 0.829. The summed E-state index contributed by atoms with van der Waals surface area (Å²) >= 11 is 0. The number of hydrogen-bond donors (Lipinski definition) is 1. The number of carbonyl (C=O) groups is 2. The van der Waals surface area contributed by atoms with E-state index in [4.69, 9.17) is 9.47 Å². The van der Waals surface area contributed by atoms with Crippen LogP contribution in [0.2, 0.25) is 0 Å². The Bertz CT molecular complexity index is 613. The van der Waals surface area contributed by atoms with Gasteiger partial charge in [0.2, 0.25) is 0 Å². The lowest BCUT2D eigenvalue weighted by molar-refractivity contribution is -0.152. The lowest BCUT2D eigenvalue weighted by atomic mass is 10.1. The highest BCUT2D eigenvalue weighted by atomic mass is 16.6. The van der Waals surface area contributed by atoms with Gasteiger partial charge in [-0.25, -0.2) is 0 Å². The van der Waals surface area contributed by atoms with Crippen molar-refractivity contribution >= 4 is 11.9 Å². The van der Waals surface area contributed by atoms with E-state index in [0.717, 1.165) is 44.9 Å². The number of aliphatic hydroxyl groups excluding tert-OH is 1. The molecule has 0 bridgehead atoms.